The van der Waals surface area contributed by atoms with Crippen molar-refractivity contribution in [1.29, 1.82) is 0 Å². The number of carbonyl (C=O) groups excluding carboxylic acids is 1. The fourth-order valence-electron chi connectivity index (χ4n) is 3.63. The standard InChI is InChI=1S/C22H28N4O3/c1-26(21(27)17-11-12-23-20(14-17)22(28)29)13-7-3-6-10-18-15-19(25-24-18)16-8-4-2-5-9-16/h2,4-5,8-9,11-12,14,18-19,24-25H,3,6-7,10,13,15H2,1H3,(H,28,29). The zero-order chi connectivity index (χ0) is 20.6. The Balaban J connectivity index is 1.35. The van der Waals surface area contributed by atoms with Gasteiger partial charge in [-0.3, -0.25) is 15.6 Å². The number of benzene rings is 1. The maximum Gasteiger partial charge on any atom is 0.354 e. The van der Waals surface area contributed by atoms with E-state index in [1.54, 1.807) is 18.0 Å². The van der Waals surface area contributed by atoms with Crippen LogP contribution in [0.15, 0.2) is 48.7 Å². The number of carboxylic acid groups (broad SMARTS) is 1. The lowest BCUT2D eigenvalue weighted by Crippen LogP contribution is -2.30. The minimum atomic E-state index is -1.13. The van der Waals surface area contributed by atoms with Gasteiger partial charge in [-0.25, -0.2) is 9.78 Å². The Hall–Kier alpha value is -2.77. The first-order valence-electron chi connectivity index (χ1n) is 10.1. The maximum absolute atomic E-state index is 12.5. The minimum Gasteiger partial charge on any atom is -0.477 e. The van der Waals surface area contributed by atoms with E-state index in [0.717, 1.165) is 32.1 Å². The van der Waals surface area contributed by atoms with E-state index in [1.165, 1.54) is 17.8 Å². The number of carboxylic acids is 1. The van der Waals surface area contributed by atoms with Gasteiger partial charge in [0.15, 0.2) is 0 Å². The summed E-state index contributed by atoms with van der Waals surface area (Å²) in [5.41, 5.74) is 8.32. The van der Waals surface area contributed by atoms with Gasteiger partial charge in [0.25, 0.3) is 5.91 Å². The molecule has 7 heteroatoms. The van der Waals surface area contributed by atoms with Gasteiger partial charge in [-0.15, -0.1) is 0 Å². The number of rotatable bonds is 9. The molecule has 0 radical (unpaired) electrons. The summed E-state index contributed by atoms with van der Waals surface area (Å²) in [5.74, 6) is -1.31. The second-order valence-electron chi connectivity index (χ2n) is 7.50. The van der Waals surface area contributed by atoms with Gasteiger partial charge in [0.2, 0.25) is 0 Å². The van der Waals surface area contributed by atoms with Crippen LogP contribution in [0, 0.1) is 0 Å². The summed E-state index contributed by atoms with van der Waals surface area (Å²) in [6.45, 7) is 0.645. The van der Waals surface area contributed by atoms with Crippen LogP contribution in [0.1, 0.15) is 64.6 Å². The topological polar surface area (TPSA) is 94.6 Å². The monoisotopic (exact) mass is 396 g/mol. The Morgan fingerprint density at radius 2 is 1.93 bits per heavy atom. The molecule has 1 fully saturated rings. The summed E-state index contributed by atoms with van der Waals surface area (Å²) in [5, 5.41) is 9.00. The van der Waals surface area contributed by atoms with Crippen molar-refractivity contribution >= 4 is 11.9 Å². The van der Waals surface area contributed by atoms with Crippen molar-refractivity contribution in [2.45, 2.75) is 44.2 Å². The molecular weight excluding hydrogens is 368 g/mol. The first-order valence-corrected chi connectivity index (χ1v) is 10.1. The van der Waals surface area contributed by atoms with E-state index in [0.29, 0.717) is 24.2 Å². The van der Waals surface area contributed by atoms with Crippen LogP contribution >= 0.6 is 0 Å². The first-order chi connectivity index (χ1) is 14.0. The molecule has 1 amide bonds. The average Bonchev–Trinajstić information content (AvgIpc) is 3.22. The minimum absolute atomic E-state index is 0.115. The summed E-state index contributed by atoms with van der Waals surface area (Å²) in [4.78, 5) is 28.8. The van der Waals surface area contributed by atoms with E-state index < -0.39 is 5.97 Å². The van der Waals surface area contributed by atoms with E-state index in [9.17, 15) is 9.59 Å². The molecule has 0 saturated carbocycles. The molecule has 0 spiro atoms. The van der Waals surface area contributed by atoms with E-state index in [-0.39, 0.29) is 11.6 Å². The van der Waals surface area contributed by atoms with Crippen molar-refractivity contribution < 1.29 is 14.7 Å². The molecule has 2 aromatic rings. The largest absolute Gasteiger partial charge is 0.477 e. The molecule has 2 heterocycles. The van der Waals surface area contributed by atoms with Crippen LogP contribution in [-0.4, -0.2) is 46.5 Å². The number of hydrogen-bond donors (Lipinski definition) is 3. The number of hydrazine groups is 1. The lowest BCUT2D eigenvalue weighted by Gasteiger charge is -2.17. The summed E-state index contributed by atoms with van der Waals surface area (Å²) in [6.07, 6.45) is 6.59. The van der Waals surface area contributed by atoms with Gasteiger partial charge in [0.1, 0.15) is 5.69 Å². The molecule has 1 aromatic carbocycles. The molecule has 1 aliphatic heterocycles. The molecule has 1 aliphatic rings. The van der Waals surface area contributed by atoms with Crippen LogP contribution in [0.2, 0.25) is 0 Å². The van der Waals surface area contributed by atoms with Gasteiger partial charge >= 0.3 is 5.97 Å². The Labute approximate surface area is 171 Å². The fraction of sp³-hybridized carbons (Fsp3) is 0.409. The van der Waals surface area contributed by atoms with Crippen LogP contribution in [0.5, 0.6) is 0 Å². The van der Waals surface area contributed by atoms with Crippen LogP contribution in [0.25, 0.3) is 0 Å². The summed E-state index contributed by atoms with van der Waals surface area (Å²) < 4.78 is 0. The molecule has 7 nitrogen and oxygen atoms in total. The van der Waals surface area contributed by atoms with Crippen LogP contribution in [-0.2, 0) is 0 Å². The highest BCUT2D eigenvalue weighted by Crippen LogP contribution is 2.24. The number of nitrogens with one attached hydrogen (secondary N) is 2. The van der Waals surface area contributed by atoms with E-state index in [1.807, 2.05) is 6.07 Å². The quantitative estimate of drug-likeness (QED) is 0.564. The van der Waals surface area contributed by atoms with E-state index >= 15 is 0 Å². The predicted octanol–water partition coefficient (Wildman–Crippen LogP) is 3.02. The zero-order valence-electron chi connectivity index (χ0n) is 16.7. The highest BCUT2D eigenvalue weighted by Gasteiger charge is 2.24. The Morgan fingerprint density at radius 1 is 1.14 bits per heavy atom. The zero-order valence-corrected chi connectivity index (χ0v) is 16.7. The molecule has 1 aromatic heterocycles. The molecule has 3 N–H and O–H groups in total. The number of unbranched alkanes of at least 4 members (excludes halogenated alkanes) is 2. The molecule has 29 heavy (non-hydrogen) atoms. The van der Waals surface area contributed by atoms with Gasteiger partial charge in [-0.1, -0.05) is 43.2 Å². The van der Waals surface area contributed by atoms with Crippen molar-refractivity contribution in [2.24, 2.45) is 0 Å². The third-order valence-electron chi connectivity index (χ3n) is 5.30. The molecular formula is C22H28N4O3. The third-order valence-corrected chi connectivity index (χ3v) is 5.30. The molecule has 154 valence electrons. The number of aromatic carboxylic acids is 1. The second-order valence-corrected chi connectivity index (χ2v) is 7.50. The number of nitrogens with zero attached hydrogens (tertiary/aromatic N) is 2. The van der Waals surface area contributed by atoms with Crippen molar-refractivity contribution in [3.8, 4) is 0 Å². The van der Waals surface area contributed by atoms with Crippen molar-refractivity contribution in [3.63, 3.8) is 0 Å². The summed E-state index contributed by atoms with van der Waals surface area (Å²) >= 11 is 0. The molecule has 3 rings (SSSR count). The smallest absolute Gasteiger partial charge is 0.354 e. The molecule has 0 aliphatic carbocycles. The van der Waals surface area contributed by atoms with Gasteiger partial charge in [-0.05, 0) is 37.0 Å². The Bertz CT molecular complexity index is 828. The molecule has 0 bridgehead atoms. The van der Waals surface area contributed by atoms with Crippen molar-refractivity contribution in [1.82, 2.24) is 20.7 Å². The Kier molecular flexibility index (Phi) is 7.32. The lowest BCUT2D eigenvalue weighted by molar-refractivity contribution is 0.0690. The van der Waals surface area contributed by atoms with Gasteiger partial charge in [-0.2, -0.15) is 0 Å². The van der Waals surface area contributed by atoms with Gasteiger partial charge < -0.3 is 10.0 Å². The molecule has 1 saturated heterocycles. The highest BCUT2D eigenvalue weighted by atomic mass is 16.4. The first kappa shape index (κ1) is 21.0. The van der Waals surface area contributed by atoms with E-state index in [2.05, 4.69) is 40.1 Å². The third kappa shape index (κ3) is 5.85. The van der Waals surface area contributed by atoms with Crippen LogP contribution in [0.4, 0.5) is 0 Å². The SMILES string of the molecule is CN(CCCCCC1CC(c2ccccc2)NN1)C(=O)c1ccnc(C(=O)O)c1. The second kappa shape index (κ2) is 10.1. The summed E-state index contributed by atoms with van der Waals surface area (Å²) in [7, 11) is 1.75. The van der Waals surface area contributed by atoms with Gasteiger partial charge in [0.05, 0.1) is 0 Å². The van der Waals surface area contributed by atoms with Crippen molar-refractivity contribution in [3.05, 3.63) is 65.5 Å². The molecule has 2 unspecified atom stereocenters. The average molecular weight is 396 g/mol. The number of hydrogen-bond acceptors (Lipinski definition) is 5. The van der Waals surface area contributed by atoms with Crippen molar-refractivity contribution in [2.75, 3.05) is 13.6 Å². The predicted molar refractivity (Wildman–Crippen MR) is 110 cm³/mol. The maximum atomic E-state index is 12.5. The number of amides is 1. The number of carbonyl (C=O) groups is 2. The Morgan fingerprint density at radius 3 is 2.69 bits per heavy atom. The van der Waals surface area contributed by atoms with Gasteiger partial charge in [0, 0.05) is 37.4 Å². The lowest BCUT2D eigenvalue weighted by atomic mass is 9.99. The van der Waals surface area contributed by atoms with Crippen LogP contribution in [0.3, 0.4) is 0 Å². The normalized spacial score (nSPS) is 18.5. The van der Waals surface area contributed by atoms with Crippen LogP contribution < -0.4 is 10.9 Å². The summed E-state index contributed by atoms with van der Waals surface area (Å²) in [6, 6.07) is 14.2. The fourth-order valence-corrected chi connectivity index (χ4v) is 3.63. The number of aromatic nitrogens is 1. The highest BCUT2D eigenvalue weighted by molar-refractivity contribution is 5.96. The van der Waals surface area contributed by atoms with E-state index in [4.69, 9.17) is 5.11 Å². The number of pyridine rings is 1. The molecule has 2 atom stereocenters.